The van der Waals surface area contributed by atoms with Crippen LogP contribution in [0.3, 0.4) is 0 Å². The van der Waals surface area contributed by atoms with Crippen molar-refractivity contribution in [3.8, 4) is 0 Å². The summed E-state index contributed by atoms with van der Waals surface area (Å²) in [5, 5.41) is 9.20. The van der Waals surface area contributed by atoms with E-state index in [0.717, 1.165) is 31.5 Å². The quantitative estimate of drug-likeness (QED) is 0.387. The van der Waals surface area contributed by atoms with Gasteiger partial charge in [0.1, 0.15) is 6.54 Å². The lowest BCUT2D eigenvalue weighted by atomic mass is 10.2. The van der Waals surface area contributed by atoms with Crippen molar-refractivity contribution in [3.05, 3.63) is 35.9 Å². The first-order valence-electron chi connectivity index (χ1n) is 7.59. The van der Waals surface area contributed by atoms with Crippen LogP contribution in [-0.4, -0.2) is 31.5 Å². The Bertz CT molecular complexity index is 431. The second kappa shape index (κ2) is 10.7. The fraction of sp³-hybridized carbons (Fsp3) is 0.500. The van der Waals surface area contributed by atoms with Gasteiger partial charge in [-0.05, 0) is 18.9 Å². The van der Waals surface area contributed by atoms with Crippen molar-refractivity contribution in [2.24, 2.45) is 4.99 Å². The van der Waals surface area contributed by atoms with Gasteiger partial charge in [-0.15, -0.1) is 0 Å². The van der Waals surface area contributed by atoms with E-state index in [1.54, 1.807) is 0 Å². The molecular weight excluding hydrogens is 264 g/mol. The first-order chi connectivity index (χ1) is 10.3. The Morgan fingerprint density at radius 2 is 1.86 bits per heavy atom. The fourth-order valence-electron chi connectivity index (χ4n) is 1.73. The molecule has 1 aromatic rings. The molecule has 21 heavy (non-hydrogen) atoms. The summed E-state index contributed by atoms with van der Waals surface area (Å²) in [5.74, 6) is 0.618. The number of hydrogen-bond donors (Lipinski definition) is 3. The van der Waals surface area contributed by atoms with Crippen molar-refractivity contribution >= 4 is 11.9 Å². The first kappa shape index (κ1) is 17.0. The van der Waals surface area contributed by atoms with Gasteiger partial charge in [0.15, 0.2) is 5.96 Å². The molecule has 0 aliphatic rings. The van der Waals surface area contributed by atoms with Gasteiger partial charge in [0, 0.05) is 19.6 Å². The van der Waals surface area contributed by atoms with E-state index in [2.05, 4.69) is 27.9 Å². The number of carbonyl (C=O) groups is 1. The zero-order valence-corrected chi connectivity index (χ0v) is 13.0. The highest BCUT2D eigenvalue weighted by molar-refractivity contribution is 5.84. The Morgan fingerprint density at radius 1 is 1.10 bits per heavy atom. The van der Waals surface area contributed by atoms with Crippen LogP contribution in [0.2, 0.25) is 0 Å². The second-order valence-electron chi connectivity index (χ2n) is 4.74. The van der Waals surface area contributed by atoms with E-state index in [-0.39, 0.29) is 12.5 Å². The summed E-state index contributed by atoms with van der Waals surface area (Å²) >= 11 is 0. The minimum atomic E-state index is -0.0773. The number of unbranched alkanes of at least 4 members (excludes halogenated alkanes) is 1. The standard InChI is InChI=1S/C16H26N4O/c1-3-5-11-18-16(17-4-2)20-13-15(21)19-12-14-9-7-6-8-10-14/h6-10H,3-5,11-13H2,1-2H3,(H,19,21)(H2,17,18,20). The van der Waals surface area contributed by atoms with Gasteiger partial charge < -0.3 is 16.0 Å². The normalized spacial score (nSPS) is 11.0. The predicted molar refractivity (Wildman–Crippen MR) is 87.2 cm³/mol. The van der Waals surface area contributed by atoms with E-state index in [9.17, 15) is 4.79 Å². The highest BCUT2D eigenvalue weighted by atomic mass is 16.1. The van der Waals surface area contributed by atoms with Crippen LogP contribution in [0.5, 0.6) is 0 Å². The molecule has 0 saturated heterocycles. The number of guanidine groups is 1. The molecule has 116 valence electrons. The largest absolute Gasteiger partial charge is 0.357 e. The molecule has 0 aliphatic carbocycles. The maximum atomic E-state index is 11.8. The van der Waals surface area contributed by atoms with E-state index in [4.69, 9.17) is 0 Å². The maximum absolute atomic E-state index is 11.8. The molecule has 1 rings (SSSR count). The third-order valence-corrected chi connectivity index (χ3v) is 2.88. The monoisotopic (exact) mass is 290 g/mol. The third kappa shape index (κ3) is 7.97. The Balaban J connectivity index is 2.34. The molecule has 0 aromatic heterocycles. The van der Waals surface area contributed by atoms with Crippen LogP contribution in [0.4, 0.5) is 0 Å². The number of amides is 1. The SMILES string of the molecule is CCCCNC(=NCC(=O)NCc1ccccc1)NCC. The van der Waals surface area contributed by atoms with E-state index in [1.807, 2.05) is 37.3 Å². The van der Waals surface area contributed by atoms with Crippen molar-refractivity contribution < 1.29 is 4.79 Å². The number of nitrogens with zero attached hydrogens (tertiary/aromatic N) is 1. The summed E-state index contributed by atoms with van der Waals surface area (Å²) in [7, 11) is 0. The number of rotatable bonds is 8. The molecule has 5 nitrogen and oxygen atoms in total. The van der Waals surface area contributed by atoms with Gasteiger partial charge >= 0.3 is 0 Å². The lowest BCUT2D eigenvalue weighted by Gasteiger charge is -2.10. The predicted octanol–water partition coefficient (Wildman–Crippen LogP) is 1.66. The fourth-order valence-corrected chi connectivity index (χ4v) is 1.73. The summed E-state index contributed by atoms with van der Waals surface area (Å²) in [6, 6.07) is 9.85. The maximum Gasteiger partial charge on any atom is 0.242 e. The molecule has 1 aromatic carbocycles. The van der Waals surface area contributed by atoms with E-state index >= 15 is 0 Å². The molecule has 0 radical (unpaired) electrons. The van der Waals surface area contributed by atoms with Gasteiger partial charge in [-0.2, -0.15) is 0 Å². The van der Waals surface area contributed by atoms with Crippen molar-refractivity contribution in [2.75, 3.05) is 19.6 Å². The summed E-state index contributed by atoms with van der Waals surface area (Å²) in [4.78, 5) is 16.1. The van der Waals surface area contributed by atoms with Gasteiger partial charge in [-0.3, -0.25) is 4.79 Å². The second-order valence-corrected chi connectivity index (χ2v) is 4.74. The topological polar surface area (TPSA) is 65.5 Å². The lowest BCUT2D eigenvalue weighted by molar-refractivity contribution is -0.119. The van der Waals surface area contributed by atoms with Crippen LogP contribution in [0, 0.1) is 0 Å². The van der Waals surface area contributed by atoms with Crippen LogP contribution < -0.4 is 16.0 Å². The van der Waals surface area contributed by atoms with Crippen LogP contribution in [0.15, 0.2) is 35.3 Å². The number of aliphatic imine (C=N–C) groups is 1. The van der Waals surface area contributed by atoms with Crippen LogP contribution in [-0.2, 0) is 11.3 Å². The number of hydrogen-bond acceptors (Lipinski definition) is 2. The minimum Gasteiger partial charge on any atom is -0.357 e. The van der Waals surface area contributed by atoms with E-state index < -0.39 is 0 Å². The molecule has 1 amide bonds. The smallest absolute Gasteiger partial charge is 0.242 e. The molecule has 0 saturated carbocycles. The third-order valence-electron chi connectivity index (χ3n) is 2.88. The molecule has 0 bridgehead atoms. The zero-order valence-electron chi connectivity index (χ0n) is 13.0. The zero-order chi connectivity index (χ0) is 15.3. The average Bonchev–Trinajstić information content (AvgIpc) is 2.52. The van der Waals surface area contributed by atoms with Crippen LogP contribution in [0.1, 0.15) is 32.3 Å². The van der Waals surface area contributed by atoms with Gasteiger partial charge in [-0.25, -0.2) is 4.99 Å². The summed E-state index contributed by atoms with van der Waals surface area (Å²) < 4.78 is 0. The Hall–Kier alpha value is -2.04. The van der Waals surface area contributed by atoms with Crippen molar-refractivity contribution in [2.45, 2.75) is 33.2 Å². The van der Waals surface area contributed by atoms with Gasteiger partial charge in [-0.1, -0.05) is 43.7 Å². The van der Waals surface area contributed by atoms with Gasteiger partial charge in [0.2, 0.25) is 5.91 Å². The molecular formula is C16H26N4O. The van der Waals surface area contributed by atoms with E-state index in [1.165, 1.54) is 0 Å². The molecule has 3 N–H and O–H groups in total. The van der Waals surface area contributed by atoms with Gasteiger partial charge in [0.05, 0.1) is 0 Å². The van der Waals surface area contributed by atoms with Crippen molar-refractivity contribution in [1.29, 1.82) is 0 Å². The van der Waals surface area contributed by atoms with Crippen molar-refractivity contribution in [1.82, 2.24) is 16.0 Å². The first-order valence-corrected chi connectivity index (χ1v) is 7.59. The molecule has 0 atom stereocenters. The Morgan fingerprint density at radius 3 is 2.52 bits per heavy atom. The van der Waals surface area contributed by atoms with Gasteiger partial charge in [0.25, 0.3) is 0 Å². The molecule has 5 heteroatoms. The van der Waals surface area contributed by atoms with E-state index in [0.29, 0.717) is 12.5 Å². The number of carbonyl (C=O) groups excluding carboxylic acids is 1. The Kier molecular flexibility index (Phi) is 8.68. The number of benzene rings is 1. The highest BCUT2D eigenvalue weighted by Gasteiger charge is 2.02. The average molecular weight is 290 g/mol. The highest BCUT2D eigenvalue weighted by Crippen LogP contribution is 1.96. The van der Waals surface area contributed by atoms with Crippen LogP contribution in [0.25, 0.3) is 0 Å². The van der Waals surface area contributed by atoms with Crippen LogP contribution >= 0.6 is 0 Å². The summed E-state index contributed by atoms with van der Waals surface area (Å²) in [5.41, 5.74) is 1.09. The molecule has 0 aliphatic heterocycles. The lowest BCUT2D eigenvalue weighted by Crippen LogP contribution is -2.38. The summed E-state index contributed by atoms with van der Waals surface area (Å²) in [6.45, 7) is 6.47. The molecule has 0 heterocycles. The Labute approximate surface area is 127 Å². The molecule has 0 fully saturated rings. The molecule has 0 unspecified atom stereocenters. The minimum absolute atomic E-state index is 0.0773. The van der Waals surface area contributed by atoms with Crippen molar-refractivity contribution in [3.63, 3.8) is 0 Å². The molecule has 0 spiro atoms. The summed E-state index contributed by atoms with van der Waals surface area (Å²) in [6.07, 6.45) is 2.22. The number of nitrogens with one attached hydrogen (secondary N) is 3.